The number of hydrogen-bond donors (Lipinski definition) is 2. The highest BCUT2D eigenvalue weighted by Crippen LogP contribution is 2.20. The Morgan fingerprint density at radius 1 is 1.50 bits per heavy atom. The Hall–Kier alpha value is -1.10. The van der Waals surface area contributed by atoms with Crippen LogP contribution >= 0.6 is 0 Å². The molecule has 0 bridgehead atoms. The third-order valence-electron chi connectivity index (χ3n) is 3.40. The monoisotopic (exact) mass is 226 g/mol. The molecule has 2 rings (SSSR count). The molecule has 0 spiro atoms. The largest absolute Gasteiger partial charge is 0.481 e. The van der Waals surface area contributed by atoms with Gasteiger partial charge < -0.3 is 15.3 Å². The smallest absolute Gasteiger partial charge is 0.303 e. The Bertz CT molecular complexity index is 293. The molecule has 2 fully saturated rings. The van der Waals surface area contributed by atoms with Gasteiger partial charge in [-0.2, -0.15) is 0 Å². The zero-order valence-corrected chi connectivity index (χ0v) is 9.32. The summed E-state index contributed by atoms with van der Waals surface area (Å²) in [7, 11) is 0. The van der Waals surface area contributed by atoms with E-state index in [0.29, 0.717) is 6.42 Å². The van der Waals surface area contributed by atoms with Crippen LogP contribution in [0.4, 0.5) is 0 Å². The minimum atomic E-state index is -0.707. The van der Waals surface area contributed by atoms with Gasteiger partial charge in [-0.05, 0) is 25.3 Å². The first-order chi connectivity index (χ1) is 7.63. The maximum atomic E-state index is 11.0. The zero-order valence-electron chi connectivity index (χ0n) is 9.32. The number of carbonyl (C=O) groups is 2. The zero-order chi connectivity index (χ0) is 11.5. The molecule has 0 aliphatic carbocycles. The quantitative estimate of drug-likeness (QED) is 0.711. The van der Waals surface area contributed by atoms with E-state index >= 15 is 0 Å². The Kier molecular flexibility index (Phi) is 3.43. The summed E-state index contributed by atoms with van der Waals surface area (Å²) in [5, 5.41) is 11.6. The van der Waals surface area contributed by atoms with Crippen molar-refractivity contribution in [3.63, 3.8) is 0 Å². The second-order valence-corrected chi connectivity index (χ2v) is 4.82. The summed E-state index contributed by atoms with van der Waals surface area (Å²) < 4.78 is 0. The third kappa shape index (κ3) is 2.95. The van der Waals surface area contributed by atoms with Crippen LogP contribution in [0.3, 0.4) is 0 Å². The van der Waals surface area contributed by atoms with Crippen molar-refractivity contribution in [1.82, 2.24) is 10.2 Å². The van der Waals surface area contributed by atoms with Gasteiger partial charge in [0.1, 0.15) is 0 Å². The topological polar surface area (TPSA) is 69.6 Å². The van der Waals surface area contributed by atoms with Gasteiger partial charge in [0.2, 0.25) is 5.91 Å². The van der Waals surface area contributed by atoms with Crippen LogP contribution in [-0.2, 0) is 9.59 Å². The molecule has 2 atom stereocenters. The van der Waals surface area contributed by atoms with Crippen molar-refractivity contribution in [3.8, 4) is 0 Å². The van der Waals surface area contributed by atoms with Gasteiger partial charge in [0.25, 0.3) is 0 Å². The lowest BCUT2D eigenvalue weighted by Crippen LogP contribution is -2.37. The Labute approximate surface area is 94.8 Å². The fraction of sp³-hybridized carbons (Fsp3) is 0.818. The second-order valence-electron chi connectivity index (χ2n) is 4.82. The van der Waals surface area contributed by atoms with Gasteiger partial charge in [-0.3, -0.25) is 9.59 Å². The van der Waals surface area contributed by atoms with Crippen molar-refractivity contribution >= 4 is 11.9 Å². The first kappa shape index (κ1) is 11.4. The molecule has 0 saturated carbocycles. The molecule has 2 N–H and O–H groups in total. The molecule has 1 amide bonds. The maximum absolute atomic E-state index is 11.0. The maximum Gasteiger partial charge on any atom is 0.303 e. The summed E-state index contributed by atoms with van der Waals surface area (Å²) in [4.78, 5) is 23.9. The van der Waals surface area contributed by atoms with Crippen molar-refractivity contribution in [2.75, 3.05) is 19.6 Å². The fourth-order valence-corrected chi connectivity index (χ4v) is 2.62. The molecule has 16 heavy (non-hydrogen) atoms. The first-order valence-corrected chi connectivity index (χ1v) is 5.87. The van der Waals surface area contributed by atoms with E-state index in [0.717, 1.165) is 32.5 Å². The molecule has 2 saturated heterocycles. The molecule has 5 heteroatoms. The Balaban J connectivity index is 1.72. The highest BCUT2D eigenvalue weighted by molar-refractivity contribution is 5.78. The molecule has 0 aromatic rings. The molecule has 2 heterocycles. The van der Waals surface area contributed by atoms with E-state index < -0.39 is 5.97 Å². The number of likely N-dealkylation sites (tertiary alicyclic amines) is 1. The van der Waals surface area contributed by atoms with E-state index in [-0.39, 0.29) is 24.3 Å². The molecule has 5 nitrogen and oxygen atoms in total. The van der Waals surface area contributed by atoms with Crippen molar-refractivity contribution in [2.45, 2.75) is 31.7 Å². The van der Waals surface area contributed by atoms with Crippen LogP contribution in [0.1, 0.15) is 25.7 Å². The standard InChI is InChI=1S/C11H18N2O3/c14-10-2-1-9(12-10)7-13-4-3-8(6-13)5-11(15)16/h8-9H,1-7H2,(H,12,14)(H,15,16). The van der Waals surface area contributed by atoms with Gasteiger partial charge in [-0.25, -0.2) is 0 Å². The highest BCUT2D eigenvalue weighted by atomic mass is 16.4. The molecule has 2 aliphatic rings. The lowest BCUT2D eigenvalue weighted by molar-refractivity contribution is -0.138. The molecule has 90 valence electrons. The summed E-state index contributed by atoms with van der Waals surface area (Å²) in [5.41, 5.74) is 0. The molecule has 0 radical (unpaired) electrons. The number of carboxylic acid groups (broad SMARTS) is 1. The summed E-state index contributed by atoms with van der Waals surface area (Å²) in [5.74, 6) is -0.276. The van der Waals surface area contributed by atoms with Gasteiger partial charge in [0.15, 0.2) is 0 Å². The van der Waals surface area contributed by atoms with E-state index in [2.05, 4.69) is 10.2 Å². The summed E-state index contributed by atoms with van der Waals surface area (Å²) >= 11 is 0. The van der Waals surface area contributed by atoms with Crippen molar-refractivity contribution in [2.24, 2.45) is 5.92 Å². The Morgan fingerprint density at radius 3 is 2.94 bits per heavy atom. The van der Waals surface area contributed by atoms with Gasteiger partial charge in [0, 0.05) is 32.0 Å². The number of nitrogens with one attached hydrogen (secondary N) is 1. The number of nitrogens with zero attached hydrogens (tertiary/aromatic N) is 1. The molecular formula is C11H18N2O3. The van der Waals surface area contributed by atoms with Crippen molar-refractivity contribution < 1.29 is 14.7 Å². The summed E-state index contributed by atoms with van der Waals surface area (Å²) in [6.07, 6.45) is 2.79. The first-order valence-electron chi connectivity index (χ1n) is 5.87. The van der Waals surface area contributed by atoms with Gasteiger partial charge >= 0.3 is 5.97 Å². The number of carbonyl (C=O) groups excluding carboxylic acids is 1. The predicted molar refractivity (Wildman–Crippen MR) is 58.0 cm³/mol. The van der Waals surface area contributed by atoms with E-state index in [1.807, 2.05) is 0 Å². The van der Waals surface area contributed by atoms with Crippen LogP contribution in [0.15, 0.2) is 0 Å². The fourth-order valence-electron chi connectivity index (χ4n) is 2.62. The van der Waals surface area contributed by atoms with E-state index in [4.69, 9.17) is 5.11 Å². The number of aliphatic carboxylic acids is 1. The van der Waals surface area contributed by atoms with Crippen LogP contribution in [0, 0.1) is 5.92 Å². The molecule has 0 aromatic carbocycles. The molecule has 2 unspecified atom stereocenters. The lowest BCUT2D eigenvalue weighted by Gasteiger charge is -2.20. The second kappa shape index (κ2) is 4.82. The molecule has 0 aromatic heterocycles. The normalized spacial score (nSPS) is 30.6. The summed E-state index contributed by atoms with van der Waals surface area (Å²) in [6, 6.07) is 0.274. The highest BCUT2D eigenvalue weighted by Gasteiger charge is 2.28. The predicted octanol–water partition coefficient (Wildman–Crippen LogP) is 0.0616. The van der Waals surface area contributed by atoms with Crippen LogP contribution in [-0.4, -0.2) is 47.6 Å². The number of hydrogen-bond acceptors (Lipinski definition) is 3. The van der Waals surface area contributed by atoms with Gasteiger partial charge in [0.05, 0.1) is 0 Å². The van der Waals surface area contributed by atoms with Crippen LogP contribution < -0.4 is 5.32 Å². The van der Waals surface area contributed by atoms with Crippen LogP contribution in [0.2, 0.25) is 0 Å². The van der Waals surface area contributed by atoms with Crippen LogP contribution in [0.5, 0.6) is 0 Å². The molecular weight excluding hydrogens is 208 g/mol. The molecule has 2 aliphatic heterocycles. The number of amides is 1. The van der Waals surface area contributed by atoms with Gasteiger partial charge in [-0.15, -0.1) is 0 Å². The van der Waals surface area contributed by atoms with E-state index in [1.165, 1.54) is 0 Å². The lowest BCUT2D eigenvalue weighted by atomic mass is 10.1. The average Bonchev–Trinajstić information content (AvgIpc) is 2.76. The van der Waals surface area contributed by atoms with E-state index in [1.54, 1.807) is 0 Å². The van der Waals surface area contributed by atoms with Crippen LogP contribution in [0.25, 0.3) is 0 Å². The Morgan fingerprint density at radius 2 is 2.31 bits per heavy atom. The van der Waals surface area contributed by atoms with Crippen molar-refractivity contribution in [3.05, 3.63) is 0 Å². The van der Waals surface area contributed by atoms with E-state index in [9.17, 15) is 9.59 Å². The average molecular weight is 226 g/mol. The van der Waals surface area contributed by atoms with Gasteiger partial charge in [-0.1, -0.05) is 0 Å². The third-order valence-corrected chi connectivity index (χ3v) is 3.40. The van der Waals surface area contributed by atoms with Crippen molar-refractivity contribution in [1.29, 1.82) is 0 Å². The summed E-state index contributed by atoms with van der Waals surface area (Å²) in [6.45, 7) is 2.70. The SMILES string of the molecule is O=C(O)CC1CCN(CC2CCC(=O)N2)C1. The number of carboxylic acids is 1. The number of rotatable bonds is 4. The minimum absolute atomic E-state index is 0.145. The minimum Gasteiger partial charge on any atom is -0.481 e.